The molecule has 0 bridgehead atoms. The minimum atomic E-state index is 0.111. The van der Waals surface area contributed by atoms with Crippen LogP contribution < -0.4 is 16.4 Å². The molecule has 6 nitrogen and oxygen atoms in total. The van der Waals surface area contributed by atoms with Gasteiger partial charge in [-0.2, -0.15) is 0 Å². The third-order valence-corrected chi connectivity index (χ3v) is 3.61. The Labute approximate surface area is 124 Å². The average Bonchev–Trinajstić information content (AvgIpc) is 3.32. The van der Waals surface area contributed by atoms with Crippen LogP contribution in [0.1, 0.15) is 29.5 Å². The molecule has 114 valence electrons. The molecule has 5 N–H and O–H groups in total. The van der Waals surface area contributed by atoms with E-state index < -0.39 is 0 Å². The molecule has 0 heterocycles. The van der Waals surface area contributed by atoms with Gasteiger partial charge in [-0.1, -0.05) is 17.3 Å². The highest BCUT2D eigenvalue weighted by atomic mass is 16.4. The molecular formula is C15H22N4O2. The van der Waals surface area contributed by atoms with Crippen molar-refractivity contribution in [3.05, 3.63) is 34.9 Å². The summed E-state index contributed by atoms with van der Waals surface area (Å²) in [7, 11) is 0. The first-order valence-corrected chi connectivity index (χ1v) is 7.17. The first kappa shape index (κ1) is 15.3. The van der Waals surface area contributed by atoms with Gasteiger partial charge in [-0.05, 0) is 37.0 Å². The van der Waals surface area contributed by atoms with Crippen LogP contribution in [0.15, 0.2) is 23.4 Å². The predicted octanol–water partition coefficient (Wildman–Crippen LogP) is 0.705. The lowest BCUT2D eigenvalue weighted by Crippen LogP contribution is -2.32. The van der Waals surface area contributed by atoms with Crippen LogP contribution in [0.5, 0.6) is 0 Å². The standard InChI is InChI=1S/C15H22N4O2/c1-10-8-12(14(16)19-21)4-5-13(10)9-17-6-7-18-15(20)11-2-3-11/h4-5,8,11,17,21H,2-3,6-7,9H2,1H3,(H2,16,19)(H,18,20). The number of carbonyl (C=O) groups excluding carboxylic acids is 1. The maximum Gasteiger partial charge on any atom is 0.223 e. The van der Waals surface area contributed by atoms with Gasteiger partial charge in [0.05, 0.1) is 0 Å². The fraction of sp³-hybridized carbons (Fsp3) is 0.467. The zero-order chi connectivity index (χ0) is 15.2. The summed E-state index contributed by atoms with van der Waals surface area (Å²) in [4.78, 5) is 11.4. The number of hydrogen-bond acceptors (Lipinski definition) is 4. The van der Waals surface area contributed by atoms with Crippen LogP contribution in [0.4, 0.5) is 0 Å². The highest BCUT2D eigenvalue weighted by Crippen LogP contribution is 2.28. The molecule has 1 amide bonds. The first-order valence-electron chi connectivity index (χ1n) is 7.17. The molecule has 0 saturated heterocycles. The van der Waals surface area contributed by atoms with Gasteiger partial charge in [-0.25, -0.2) is 0 Å². The van der Waals surface area contributed by atoms with Crippen molar-refractivity contribution in [2.75, 3.05) is 13.1 Å². The van der Waals surface area contributed by atoms with Gasteiger partial charge in [0, 0.05) is 31.1 Å². The summed E-state index contributed by atoms with van der Waals surface area (Å²) in [5.74, 6) is 0.551. The van der Waals surface area contributed by atoms with Gasteiger partial charge in [0.1, 0.15) is 0 Å². The molecule has 1 aromatic carbocycles. The number of amidine groups is 1. The number of oxime groups is 1. The van der Waals surface area contributed by atoms with Crippen LogP contribution in [0.25, 0.3) is 0 Å². The minimum absolute atomic E-state index is 0.111. The molecule has 0 radical (unpaired) electrons. The van der Waals surface area contributed by atoms with Gasteiger partial charge < -0.3 is 21.6 Å². The Morgan fingerprint density at radius 1 is 1.43 bits per heavy atom. The topological polar surface area (TPSA) is 99.7 Å². The van der Waals surface area contributed by atoms with E-state index in [4.69, 9.17) is 10.9 Å². The third-order valence-electron chi connectivity index (χ3n) is 3.61. The van der Waals surface area contributed by atoms with Crippen molar-refractivity contribution >= 4 is 11.7 Å². The second kappa shape index (κ2) is 7.08. The highest BCUT2D eigenvalue weighted by molar-refractivity contribution is 5.97. The quantitative estimate of drug-likeness (QED) is 0.195. The summed E-state index contributed by atoms with van der Waals surface area (Å²) in [5.41, 5.74) is 8.49. The van der Waals surface area contributed by atoms with Crippen LogP contribution in [-0.4, -0.2) is 30.0 Å². The van der Waals surface area contributed by atoms with Crippen molar-refractivity contribution in [2.45, 2.75) is 26.3 Å². The molecule has 0 aliphatic heterocycles. The number of carbonyl (C=O) groups is 1. The van der Waals surface area contributed by atoms with Crippen LogP contribution >= 0.6 is 0 Å². The Bertz CT molecular complexity index is 538. The van der Waals surface area contributed by atoms with E-state index in [2.05, 4.69) is 15.8 Å². The lowest BCUT2D eigenvalue weighted by Gasteiger charge is -2.10. The summed E-state index contributed by atoms with van der Waals surface area (Å²) < 4.78 is 0. The lowest BCUT2D eigenvalue weighted by atomic mass is 10.0. The number of hydrogen-bond donors (Lipinski definition) is 4. The summed E-state index contributed by atoms with van der Waals surface area (Å²) in [6.45, 7) is 4.10. The van der Waals surface area contributed by atoms with Gasteiger partial charge >= 0.3 is 0 Å². The average molecular weight is 290 g/mol. The maximum atomic E-state index is 11.4. The summed E-state index contributed by atoms with van der Waals surface area (Å²) >= 11 is 0. The van der Waals surface area contributed by atoms with Gasteiger partial charge in [-0.15, -0.1) is 0 Å². The number of rotatable bonds is 7. The number of nitrogens with two attached hydrogens (primary N) is 1. The number of nitrogens with zero attached hydrogens (tertiary/aromatic N) is 1. The highest BCUT2D eigenvalue weighted by Gasteiger charge is 2.28. The molecule has 1 aliphatic rings. The smallest absolute Gasteiger partial charge is 0.223 e. The van der Waals surface area contributed by atoms with Crippen LogP contribution in [0.3, 0.4) is 0 Å². The molecule has 1 aromatic rings. The van der Waals surface area contributed by atoms with Crippen LogP contribution in [0.2, 0.25) is 0 Å². The van der Waals surface area contributed by atoms with Gasteiger partial charge in [0.25, 0.3) is 0 Å². The molecule has 0 spiro atoms. The molecule has 0 atom stereocenters. The minimum Gasteiger partial charge on any atom is -0.409 e. The Morgan fingerprint density at radius 3 is 2.81 bits per heavy atom. The largest absolute Gasteiger partial charge is 0.409 e. The SMILES string of the molecule is Cc1cc(/C(N)=N/O)ccc1CNCCNC(=O)C1CC1. The normalized spacial score (nSPS) is 15.0. The number of aryl methyl sites for hydroxylation is 1. The van der Waals surface area contributed by atoms with E-state index in [-0.39, 0.29) is 17.7 Å². The zero-order valence-corrected chi connectivity index (χ0v) is 12.2. The van der Waals surface area contributed by atoms with E-state index in [1.807, 2.05) is 25.1 Å². The van der Waals surface area contributed by atoms with Crippen LogP contribution in [-0.2, 0) is 11.3 Å². The predicted molar refractivity (Wildman–Crippen MR) is 81.1 cm³/mol. The van der Waals surface area contributed by atoms with E-state index >= 15 is 0 Å². The maximum absolute atomic E-state index is 11.4. The molecule has 1 fully saturated rings. The van der Waals surface area contributed by atoms with E-state index in [1.54, 1.807) is 0 Å². The second-order valence-corrected chi connectivity index (χ2v) is 5.37. The first-order chi connectivity index (χ1) is 10.1. The van der Waals surface area contributed by atoms with Crippen LogP contribution in [0, 0.1) is 12.8 Å². The Kier molecular flexibility index (Phi) is 5.16. The van der Waals surface area contributed by atoms with Gasteiger partial charge in [-0.3, -0.25) is 4.79 Å². The van der Waals surface area contributed by atoms with Crippen molar-refractivity contribution in [3.8, 4) is 0 Å². The molecule has 0 aromatic heterocycles. The molecular weight excluding hydrogens is 268 g/mol. The van der Waals surface area contributed by atoms with Crippen molar-refractivity contribution in [1.82, 2.24) is 10.6 Å². The summed E-state index contributed by atoms with van der Waals surface area (Å²) in [5, 5.41) is 17.9. The molecule has 21 heavy (non-hydrogen) atoms. The van der Waals surface area contributed by atoms with E-state index in [1.165, 1.54) is 0 Å². The number of nitrogens with one attached hydrogen (secondary N) is 2. The molecule has 1 saturated carbocycles. The fourth-order valence-corrected chi connectivity index (χ4v) is 2.10. The Morgan fingerprint density at radius 2 is 2.19 bits per heavy atom. The molecule has 6 heteroatoms. The lowest BCUT2D eigenvalue weighted by molar-refractivity contribution is -0.122. The van der Waals surface area contributed by atoms with Crippen molar-refractivity contribution in [3.63, 3.8) is 0 Å². The Hall–Kier alpha value is -2.08. The van der Waals surface area contributed by atoms with Crippen molar-refractivity contribution < 1.29 is 10.0 Å². The number of benzene rings is 1. The van der Waals surface area contributed by atoms with E-state index in [9.17, 15) is 4.79 Å². The third kappa shape index (κ3) is 4.46. The van der Waals surface area contributed by atoms with Crippen molar-refractivity contribution in [2.24, 2.45) is 16.8 Å². The van der Waals surface area contributed by atoms with E-state index in [0.717, 1.165) is 37.1 Å². The van der Waals surface area contributed by atoms with E-state index in [0.29, 0.717) is 12.1 Å². The van der Waals surface area contributed by atoms with Gasteiger partial charge in [0.15, 0.2) is 5.84 Å². The second-order valence-electron chi connectivity index (χ2n) is 5.37. The fourth-order valence-electron chi connectivity index (χ4n) is 2.10. The molecule has 2 rings (SSSR count). The summed E-state index contributed by atoms with van der Waals surface area (Å²) in [6, 6.07) is 5.67. The summed E-state index contributed by atoms with van der Waals surface area (Å²) in [6.07, 6.45) is 2.07. The Balaban J connectivity index is 1.74. The molecule has 1 aliphatic carbocycles. The van der Waals surface area contributed by atoms with Crippen molar-refractivity contribution in [1.29, 1.82) is 0 Å². The zero-order valence-electron chi connectivity index (χ0n) is 12.2. The van der Waals surface area contributed by atoms with Gasteiger partial charge in [0.2, 0.25) is 5.91 Å². The number of amides is 1. The molecule has 0 unspecified atom stereocenters. The monoisotopic (exact) mass is 290 g/mol.